The van der Waals surface area contributed by atoms with Gasteiger partial charge in [0.15, 0.2) is 11.5 Å². The summed E-state index contributed by atoms with van der Waals surface area (Å²) in [5.74, 6) is 4.31. The molecule has 0 spiro atoms. The van der Waals surface area contributed by atoms with Crippen LogP contribution in [0.2, 0.25) is 0 Å². The summed E-state index contributed by atoms with van der Waals surface area (Å²) in [7, 11) is 1.73. The smallest absolute Gasteiger partial charge is 0.242 e. The van der Waals surface area contributed by atoms with Gasteiger partial charge in [-0.15, -0.1) is 10.2 Å². The van der Waals surface area contributed by atoms with Crippen molar-refractivity contribution in [1.29, 1.82) is 0 Å². The summed E-state index contributed by atoms with van der Waals surface area (Å²) in [5, 5.41) is 28.8. The third kappa shape index (κ3) is 4.70. The van der Waals surface area contributed by atoms with Crippen molar-refractivity contribution in [1.82, 2.24) is 39.7 Å². The van der Waals surface area contributed by atoms with Crippen LogP contribution in [0.4, 0.5) is 11.8 Å². The number of imidazole rings is 1. The summed E-state index contributed by atoms with van der Waals surface area (Å²) in [6.45, 7) is 5.89. The van der Waals surface area contributed by atoms with Gasteiger partial charge in [-0.1, -0.05) is 26.2 Å². The van der Waals surface area contributed by atoms with Crippen molar-refractivity contribution in [2.75, 3.05) is 23.8 Å². The maximum absolute atomic E-state index is 9.44. The highest BCUT2D eigenvalue weighted by molar-refractivity contribution is 5.87. The number of hydrogen-bond donors (Lipinski definition) is 3. The van der Waals surface area contributed by atoms with Gasteiger partial charge in [-0.2, -0.15) is 9.78 Å². The molecule has 2 aliphatic rings. The van der Waals surface area contributed by atoms with E-state index in [1.165, 1.54) is 49.7 Å². The number of anilines is 2. The molecule has 0 aliphatic heterocycles. The quantitative estimate of drug-likeness (QED) is 0.434. The molecule has 2 saturated carbocycles. The van der Waals surface area contributed by atoms with E-state index >= 15 is 0 Å². The molecule has 1 atom stereocenters. The minimum Gasteiger partial charge on any atom is -0.395 e. The number of aromatic nitrogens is 8. The van der Waals surface area contributed by atoms with Crippen LogP contribution in [0, 0.1) is 17.8 Å². The minimum atomic E-state index is 0.0361. The van der Waals surface area contributed by atoms with E-state index in [4.69, 9.17) is 15.0 Å². The SMILES string of the molecule is C[C@@H](Nc1nc(-c2nnn(C)n2)nc2nc(NCCO)n(C[C@H]3CC[C@H](C)CC3)c12)C1CCC1. The average molecular weight is 469 g/mol. The normalized spacial score (nSPS) is 22.0. The zero-order valence-corrected chi connectivity index (χ0v) is 20.4. The Labute approximate surface area is 199 Å². The topological polar surface area (TPSA) is 131 Å². The molecule has 3 heterocycles. The first-order valence-corrected chi connectivity index (χ1v) is 12.7. The zero-order valence-electron chi connectivity index (χ0n) is 20.4. The first kappa shape index (κ1) is 22.9. The number of aliphatic hydroxyl groups excluding tert-OH is 1. The van der Waals surface area contributed by atoms with Crippen LogP contribution in [-0.2, 0) is 13.6 Å². The Balaban J connectivity index is 1.58. The number of nitrogens with one attached hydrogen (secondary N) is 2. The highest BCUT2D eigenvalue weighted by Gasteiger charge is 2.28. The highest BCUT2D eigenvalue weighted by Crippen LogP contribution is 2.35. The van der Waals surface area contributed by atoms with E-state index in [1.807, 2.05) is 0 Å². The second-order valence-electron chi connectivity index (χ2n) is 10.1. The molecule has 11 heteroatoms. The molecule has 3 aromatic heterocycles. The van der Waals surface area contributed by atoms with Crippen molar-refractivity contribution >= 4 is 22.9 Å². The van der Waals surface area contributed by atoms with Crippen molar-refractivity contribution in [3.63, 3.8) is 0 Å². The highest BCUT2D eigenvalue weighted by atomic mass is 16.3. The van der Waals surface area contributed by atoms with Crippen LogP contribution in [0.15, 0.2) is 0 Å². The van der Waals surface area contributed by atoms with Gasteiger partial charge in [0.25, 0.3) is 0 Å². The lowest BCUT2D eigenvalue weighted by Gasteiger charge is -2.32. The molecule has 0 aromatic carbocycles. The molecule has 0 amide bonds. The molecule has 3 aromatic rings. The first-order chi connectivity index (χ1) is 16.5. The fourth-order valence-corrected chi connectivity index (χ4v) is 5.13. The van der Waals surface area contributed by atoms with Gasteiger partial charge < -0.3 is 20.3 Å². The lowest BCUT2D eigenvalue weighted by atomic mass is 9.80. The predicted molar refractivity (Wildman–Crippen MR) is 130 cm³/mol. The lowest BCUT2D eigenvalue weighted by molar-refractivity contribution is 0.267. The summed E-state index contributed by atoms with van der Waals surface area (Å²) in [6.07, 6.45) is 8.72. The molecule has 184 valence electrons. The Kier molecular flexibility index (Phi) is 6.62. The van der Waals surface area contributed by atoms with Crippen molar-refractivity contribution < 1.29 is 5.11 Å². The van der Waals surface area contributed by atoms with Gasteiger partial charge in [0.2, 0.25) is 17.6 Å². The van der Waals surface area contributed by atoms with E-state index in [2.05, 4.69) is 44.5 Å². The molecular formula is C23H36N10O. The van der Waals surface area contributed by atoms with Gasteiger partial charge in [-0.05, 0) is 55.6 Å². The Bertz CT molecular complexity index is 1110. The molecule has 5 rings (SSSR count). The lowest BCUT2D eigenvalue weighted by Crippen LogP contribution is -2.31. The molecule has 2 aliphatic carbocycles. The van der Waals surface area contributed by atoms with Crippen LogP contribution < -0.4 is 10.6 Å². The largest absolute Gasteiger partial charge is 0.395 e. The molecule has 3 N–H and O–H groups in total. The number of fused-ring (bicyclic) bond motifs is 1. The standard InChI is InChI=1S/C23H36N10O/c1-14-7-9-16(10-8-14)13-33-18-19(25-15(2)17-5-4-6-17)26-21(22-29-31-32(3)30-22)27-20(18)28-23(33)24-11-12-34/h14-17,34H,4-13H2,1-3H3,(H2,24,25,26,27,28)/t14-,15-,16-/m1/s1. The Morgan fingerprint density at radius 3 is 2.50 bits per heavy atom. The zero-order chi connectivity index (χ0) is 23.7. The number of aliphatic hydroxyl groups is 1. The number of hydrogen-bond acceptors (Lipinski definition) is 9. The minimum absolute atomic E-state index is 0.0361. The van der Waals surface area contributed by atoms with Gasteiger partial charge in [0, 0.05) is 19.1 Å². The van der Waals surface area contributed by atoms with Gasteiger partial charge in [0.1, 0.15) is 5.52 Å². The van der Waals surface area contributed by atoms with Crippen LogP contribution in [0.25, 0.3) is 22.8 Å². The van der Waals surface area contributed by atoms with Gasteiger partial charge in [-0.3, -0.25) is 0 Å². The van der Waals surface area contributed by atoms with Crippen molar-refractivity contribution in [2.24, 2.45) is 24.8 Å². The van der Waals surface area contributed by atoms with E-state index in [9.17, 15) is 5.11 Å². The number of nitrogens with zero attached hydrogens (tertiary/aromatic N) is 8. The number of rotatable bonds is 9. The third-order valence-electron chi connectivity index (χ3n) is 7.50. The summed E-state index contributed by atoms with van der Waals surface area (Å²) in [6, 6.07) is 0.294. The van der Waals surface area contributed by atoms with Crippen molar-refractivity contribution in [2.45, 2.75) is 71.4 Å². The average Bonchev–Trinajstić information content (AvgIpc) is 3.36. The molecule has 11 nitrogen and oxygen atoms in total. The molecule has 0 radical (unpaired) electrons. The van der Waals surface area contributed by atoms with E-state index < -0.39 is 0 Å². The molecule has 0 unspecified atom stereocenters. The fraction of sp³-hybridized carbons (Fsp3) is 0.739. The van der Waals surface area contributed by atoms with Crippen molar-refractivity contribution in [3.8, 4) is 11.6 Å². The monoisotopic (exact) mass is 468 g/mol. The summed E-state index contributed by atoms with van der Waals surface area (Å²) < 4.78 is 2.22. The maximum Gasteiger partial charge on any atom is 0.242 e. The summed E-state index contributed by atoms with van der Waals surface area (Å²) in [4.78, 5) is 15.9. The van der Waals surface area contributed by atoms with Crippen LogP contribution >= 0.6 is 0 Å². The van der Waals surface area contributed by atoms with Crippen LogP contribution in [-0.4, -0.2) is 64.0 Å². The Morgan fingerprint density at radius 1 is 1.06 bits per heavy atom. The third-order valence-corrected chi connectivity index (χ3v) is 7.50. The molecule has 34 heavy (non-hydrogen) atoms. The molecule has 0 saturated heterocycles. The second-order valence-corrected chi connectivity index (χ2v) is 10.1. The van der Waals surface area contributed by atoms with E-state index in [0.29, 0.717) is 41.7 Å². The van der Waals surface area contributed by atoms with Crippen LogP contribution in [0.3, 0.4) is 0 Å². The van der Waals surface area contributed by atoms with Crippen molar-refractivity contribution in [3.05, 3.63) is 0 Å². The van der Waals surface area contributed by atoms with Crippen LogP contribution in [0.5, 0.6) is 0 Å². The molecular weight excluding hydrogens is 432 g/mol. The van der Waals surface area contributed by atoms with E-state index in [-0.39, 0.29) is 6.61 Å². The molecule has 0 bridgehead atoms. The number of aryl methyl sites for hydroxylation is 1. The Hall–Kier alpha value is -2.82. The van der Waals surface area contributed by atoms with Crippen LogP contribution in [0.1, 0.15) is 58.8 Å². The predicted octanol–water partition coefficient (Wildman–Crippen LogP) is 2.85. The maximum atomic E-state index is 9.44. The van der Waals surface area contributed by atoms with Gasteiger partial charge in [0.05, 0.1) is 13.7 Å². The first-order valence-electron chi connectivity index (χ1n) is 12.7. The number of tetrazole rings is 1. The van der Waals surface area contributed by atoms with E-state index in [0.717, 1.165) is 29.7 Å². The van der Waals surface area contributed by atoms with Gasteiger partial charge in [-0.25, -0.2) is 9.97 Å². The Morgan fingerprint density at radius 2 is 1.85 bits per heavy atom. The van der Waals surface area contributed by atoms with E-state index in [1.54, 1.807) is 7.05 Å². The second kappa shape index (κ2) is 9.81. The fourth-order valence-electron chi connectivity index (χ4n) is 5.13. The van der Waals surface area contributed by atoms with Gasteiger partial charge >= 0.3 is 0 Å². The molecule has 2 fully saturated rings. The summed E-state index contributed by atoms with van der Waals surface area (Å²) in [5.41, 5.74) is 1.50. The summed E-state index contributed by atoms with van der Waals surface area (Å²) >= 11 is 0.